The molecule has 1 aliphatic heterocycles. The van der Waals surface area contributed by atoms with Crippen LogP contribution in [0, 0.1) is 6.92 Å². The first-order valence-corrected chi connectivity index (χ1v) is 9.22. The number of hydrogen-bond acceptors (Lipinski definition) is 4. The molecule has 1 atom stereocenters. The van der Waals surface area contributed by atoms with Crippen molar-refractivity contribution in [2.75, 3.05) is 40.3 Å². The minimum atomic E-state index is -3.46. The lowest BCUT2D eigenvalue weighted by atomic mass is 10.2. The van der Waals surface area contributed by atoms with Crippen molar-refractivity contribution >= 4 is 26.0 Å². The van der Waals surface area contributed by atoms with Crippen molar-refractivity contribution in [1.29, 1.82) is 0 Å². The largest absolute Gasteiger partial charge is 0.303 e. The monoisotopic (exact) mass is 375 g/mol. The average Bonchev–Trinajstić information content (AvgIpc) is 2.43. The van der Waals surface area contributed by atoms with E-state index >= 15 is 0 Å². The summed E-state index contributed by atoms with van der Waals surface area (Å²) in [5.74, 6) is 0. The van der Waals surface area contributed by atoms with Crippen molar-refractivity contribution in [3.63, 3.8) is 0 Å². The normalized spacial score (nSPS) is 21.6. The summed E-state index contributed by atoms with van der Waals surface area (Å²) in [6.45, 7) is 5.16. The molecule has 2 rings (SSSR count). The third kappa shape index (κ3) is 4.26. The SMILES string of the molecule is Cc1cc(S(=O)(=O)NCC2CN(C)CCN2C)ccc1Br. The van der Waals surface area contributed by atoms with Crippen LogP contribution in [0.15, 0.2) is 27.6 Å². The smallest absolute Gasteiger partial charge is 0.240 e. The van der Waals surface area contributed by atoms with E-state index in [-0.39, 0.29) is 6.04 Å². The summed E-state index contributed by atoms with van der Waals surface area (Å²) in [5, 5.41) is 0. The van der Waals surface area contributed by atoms with Gasteiger partial charge in [-0.15, -0.1) is 0 Å². The molecule has 21 heavy (non-hydrogen) atoms. The molecule has 0 radical (unpaired) electrons. The molecule has 1 aliphatic rings. The lowest BCUT2D eigenvalue weighted by molar-refractivity contribution is 0.117. The molecule has 7 heteroatoms. The van der Waals surface area contributed by atoms with Crippen LogP contribution < -0.4 is 4.72 Å². The first-order valence-electron chi connectivity index (χ1n) is 6.94. The highest BCUT2D eigenvalue weighted by Gasteiger charge is 2.24. The van der Waals surface area contributed by atoms with Crippen molar-refractivity contribution in [1.82, 2.24) is 14.5 Å². The highest BCUT2D eigenvalue weighted by atomic mass is 79.9. The summed E-state index contributed by atoms with van der Waals surface area (Å²) in [4.78, 5) is 4.74. The van der Waals surface area contributed by atoms with Gasteiger partial charge in [0, 0.05) is 36.7 Å². The van der Waals surface area contributed by atoms with Crippen molar-refractivity contribution in [2.24, 2.45) is 0 Å². The topological polar surface area (TPSA) is 52.7 Å². The van der Waals surface area contributed by atoms with E-state index in [0.717, 1.165) is 29.7 Å². The number of aryl methyl sites for hydroxylation is 1. The Hall–Kier alpha value is -0.470. The first-order chi connectivity index (χ1) is 9.79. The van der Waals surface area contributed by atoms with Crippen LogP contribution in [0.2, 0.25) is 0 Å². The van der Waals surface area contributed by atoms with E-state index in [4.69, 9.17) is 0 Å². The predicted molar refractivity (Wildman–Crippen MR) is 88.0 cm³/mol. The van der Waals surface area contributed by atoms with Gasteiger partial charge in [-0.1, -0.05) is 15.9 Å². The summed E-state index contributed by atoms with van der Waals surface area (Å²) in [6.07, 6.45) is 0. The third-order valence-electron chi connectivity index (χ3n) is 3.93. The Morgan fingerprint density at radius 2 is 2.05 bits per heavy atom. The zero-order valence-corrected chi connectivity index (χ0v) is 15.0. The van der Waals surface area contributed by atoms with Gasteiger partial charge in [0.25, 0.3) is 0 Å². The lowest BCUT2D eigenvalue weighted by Crippen LogP contribution is -2.54. The van der Waals surface area contributed by atoms with Gasteiger partial charge in [0.2, 0.25) is 10.0 Å². The molecule has 0 bridgehead atoms. The van der Waals surface area contributed by atoms with Crippen LogP contribution in [0.3, 0.4) is 0 Å². The number of rotatable bonds is 4. The van der Waals surface area contributed by atoms with Gasteiger partial charge in [0.05, 0.1) is 4.90 Å². The number of piperazine rings is 1. The van der Waals surface area contributed by atoms with Gasteiger partial charge in [0.1, 0.15) is 0 Å². The summed E-state index contributed by atoms with van der Waals surface area (Å²) in [5.41, 5.74) is 0.910. The number of benzene rings is 1. The van der Waals surface area contributed by atoms with E-state index in [9.17, 15) is 8.42 Å². The standard InChI is InChI=1S/C14H22BrN3O2S/c1-11-8-13(4-5-14(11)15)21(19,20)16-9-12-10-17(2)6-7-18(12)3/h4-5,8,12,16H,6-7,9-10H2,1-3H3. The molecule has 1 aromatic rings. The van der Waals surface area contributed by atoms with Crippen LogP contribution >= 0.6 is 15.9 Å². The molecule has 1 heterocycles. The molecule has 5 nitrogen and oxygen atoms in total. The summed E-state index contributed by atoms with van der Waals surface area (Å²) in [7, 11) is 0.644. The Bertz CT molecular complexity index is 606. The fourth-order valence-electron chi connectivity index (χ4n) is 2.40. The summed E-state index contributed by atoms with van der Waals surface area (Å²) < 4.78 is 28.4. The molecule has 118 valence electrons. The molecule has 1 saturated heterocycles. The van der Waals surface area contributed by atoms with E-state index in [1.165, 1.54) is 0 Å². The molecule has 0 amide bonds. The molecule has 1 aromatic carbocycles. The van der Waals surface area contributed by atoms with Crippen molar-refractivity contribution in [3.8, 4) is 0 Å². The number of halogens is 1. The van der Waals surface area contributed by atoms with Crippen LogP contribution in [-0.2, 0) is 10.0 Å². The van der Waals surface area contributed by atoms with Crippen LogP contribution in [0.25, 0.3) is 0 Å². The minimum Gasteiger partial charge on any atom is -0.303 e. The van der Waals surface area contributed by atoms with Crippen molar-refractivity contribution in [2.45, 2.75) is 17.9 Å². The Labute approximate surface area is 135 Å². The Balaban J connectivity index is 2.05. The third-order valence-corrected chi connectivity index (χ3v) is 6.24. The number of hydrogen-bond donors (Lipinski definition) is 1. The van der Waals surface area contributed by atoms with Gasteiger partial charge in [-0.3, -0.25) is 4.90 Å². The minimum absolute atomic E-state index is 0.204. The van der Waals surface area contributed by atoms with Crippen LogP contribution in [-0.4, -0.2) is 64.5 Å². The second-order valence-corrected chi connectivity index (χ2v) is 8.28. The molecule has 1 fully saturated rings. The molecule has 0 saturated carbocycles. The first kappa shape index (κ1) is 16.9. The molecule has 1 N–H and O–H groups in total. The van der Waals surface area contributed by atoms with Crippen LogP contribution in [0.5, 0.6) is 0 Å². The summed E-state index contributed by atoms with van der Waals surface area (Å²) >= 11 is 3.38. The summed E-state index contributed by atoms with van der Waals surface area (Å²) in [6, 6.07) is 5.28. The van der Waals surface area contributed by atoms with Gasteiger partial charge < -0.3 is 4.90 Å². The fourth-order valence-corrected chi connectivity index (χ4v) is 3.80. The van der Waals surface area contributed by atoms with E-state index in [0.29, 0.717) is 11.4 Å². The molecule has 0 aromatic heterocycles. The van der Waals surface area contributed by atoms with Crippen LogP contribution in [0.4, 0.5) is 0 Å². The maximum atomic E-state index is 12.4. The second kappa shape index (κ2) is 6.75. The Morgan fingerprint density at radius 1 is 1.33 bits per heavy atom. The maximum Gasteiger partial charge on any atom is 0.240 e. The van der Waals surface area contributed by atoms with E-state index in [1.807, 2.05) is 14.0 Å². The Morgan fingerprint density at radius 3 is 2.71 bits per heavy atom. The maximum absolute atomic E-state index is 12.4. The van der Waals surface area contributed by atoms with Gasteiger partial charge >= 0.3 is 0 Å². The zero-order valence-electron chi connectivity index (χ0n) is 12.6. The average molecular weight is 376 g/mol. The number of likely N-dealkylation sites (N-methyl/N-ethyl adjacent to an activating group) is 2. The van der Waals surface area contributed by atoms with Gasteiger partial charge in [-0.2, -0.15) is 0 Å². The highest BCUT2D eigenvalue weighted by Crippen LogP contribution is 2.20. The van der Waals surface area contributed by atoms with Gasteiger partial charge in [-0.05, 0) is 44.8 Å². The number of sulfonamides is 1. The van der Waals surface area contributed by atoms with Crippen LogP contribution in [0.1, 0.15) is 5.56 Å². The molecular formula is C14H22BrN3O2S. The Kier molecular flexibility index (Phi) is 5.43. The lowest BCUT2D eigenvalue weighted by Gasteiger charge is -2.37. The van der Waals surface area contributed by atoms with Crippen molar-refractivity contribution in [3.05, 3.63) is 28.2 Å². The van der Waals surface area contributed by atoms with E-state index in [1.54, 1.807) is 18.2 Å². The quantitative estimate of drug-likeness (QED) is 0.861. The molecule has 0 spiro atoms. The predicted octanol–water partition coefficient (Wildman–Crippen LogP) is 1.28. The second-order valence-electron chi connectivity index (χ2n) is 5.66. The fraction of sp³-hybridized carbons (Fsp3) is 0.571. The van der Waals surface area contributed by atoms with E-state index < -0.39 is 10.0 Å². The molecular weight excluding hydrogens is 354 g/mol. The highest BCUT2D eigenvalue weighted by molar-refractivity contribution is 9.10. The molecule has 0 aliphatic carbocycles. The van der Waals surface area contributed by atoms with E-state index in [2.05, 4.69) is 37.5 Å². The number of nitrogens with zero attached hydrogens (tertiary/aromatic N) is 2. The van der Waals surface area contributed by atoms with Crippen molar-refractivity contribution < 1.29 is 8.42 Å². The van der Waals surface area contributed by atoms with Gasteiger partial charge in [0.15, 0.2) is 0 Å². The zero-order chi connectivity index (χ0) is 15.6. The number of nitrogens with one attached hydrogen (secondary N) is 1. The van der Waals surface area contributed by atoms with Gasteiger partial charge in [-0.25, -0.2) is 13.1 Å². The molecule has 1 unspecified atom stereocenters.